The summed E-state index contributed by atoms with van der Waals surface area (Å²) in [5.74, 6) is -0.265. The van der Waals surface area contributed by atoms with E-state index in [0.717, 1.165) is 16.7 Å². The van der Waals surface area contributed by atoms with Gasteiger partial charge in [0.15, 0.2) is 0 Å². The summed E-state index contributed by atoms with van der Waals surface area (Å²) in [6.45, 7) is 3.85. The molecule has 0 aliphatic heterocycles. The Bertz CT molecular complexity index is 531. The summed E-state index contributed by atoms with van der Waals surface area (Å²) in [7, 11) is 0. The molecule has 2 rings (SSSR count). The number of benzene rings is 2. The van der Waals surface area contributed by atoms with Crippen LogP contribution in [0.5, 0.6) is 0 Å². The third-order valence-corrected chi connectivity index (χ3v) is 3.14. The van der Waals surface area contributed by atoms with Gasteiger partial charge in [-0.3, -0.25) is 0 Å². The molecule has 1 atom stereocenters. The Morgan fingerprint density at radius 2 is 1.72 bits per heavy atom. The van der Waals surface area contributed by atoms with Crippen molar-refractivity contribution in [2.24, 2.45) is 0 Å². The third-order valence-electron chi connectivity index (χ3n) is 3.14. The molecule has 0 spiro atoms. The molecule has 18 heavy (non-hydrogen) atoms. The minimum atomic E-state index is -0.590. The van der Waals surface area contributed by atoms with Crippen LogP contribution in [0.15, 0.2) is 42.5 Å². The zero-order valence-electron chi connectivity index (χ0n) is 10.7. The second kappa shape index (κ2) is 5.32. The second-order valence-electron chi connectivity index (χ2n) is 4.71. The fourth-order valence-electron chi connectivity index (χ4n) is 2.07. The number of halogens is 1. The summed E-state index contributed by atoms with van der Waals surface area (Å²) in [6, 6.07) is 12.6. The highest BCUT2D eigenvalue weighted by Crippen LogP contribution is 2.22. The molecule has 0 saturated carbocycles. The van der Waals surface area contributed by atoms with E-state index < -0.39 is 6.10 Å². The van der Waals surface area contributed by atoms with Crippen molar-refractivity contribution < 1.29 is 9.50 Å². The maximum absolute atomic E-state index is 13.0. The Labute approximate surface area is 107 Å². The average molecular weight is 244 g/mol. The van der Waals surface area contributed by atoms with E-state index in [0.29, 0.717) is 6.42 Å². The molecule has 2 aromatic carbocycles. The van der Waals surface area contributed by atoms with Crippen molar-refractivity contribution in [3.8, 4) is 0 Å². The fourth-order valence-corrected chi connectivity index (χ4v) is 2.07. The summed E-state index contributed by atoms with van der Waals surface area (Å²) in [6.07, 6.45) is -0.0412. The van der Waals surface area contributed by atoms with Gasteiger partial charge in [0, 0.05) is 6.42 Å². The van der Waals surface area contributed by atoms with Gasteiger partial charge in [-0.1, -0.05) is 35.9 Å². The average Bonchev–Trinajstić information content (AvgIpc) is 2.32. The van der Waals surface area contributed by atoms with Crippen LogP contribution in [0.25, 0.3) is 0 Å². The van der Waals surface area contributed by atoms with Gasteiger partial charge in [-0.15, -0.1) is 0 Å². The molecule has 0 radical (unpaired) electrons. The number of hydrogen-bond donors (Lipinski definition) is 1. The minimum absolute atomic E-state index is 0.265. The molecule has 2 heteroatoms. The summed E-state index contributed by atoms with van der Waals surface area (Å²) >= 11 is 0. The molecular weight excluding hydrogens is 227 g/mol. The number of rotatable bonds is 3. The van der Waals surface area contributed by atoms with E-state index in [1.54, 1.807) is 6.07 Å². The van der Waals surface area contributed by atoms with E-state index in [4.69, 9.17) is 0 Å². The van der Waals surface area contributed by atoms with Crippen molar-refractivity contribution in [2.75, 3.05) is 0 Å². The lowest BCUT2D eigenvalue weighted by molar-refractivity contribution is 0.177. The van der Waals surface area contributed by atoms with Crippen LogP contribution in [0, 0.1) is 19.7 Å². The van der Waals surface area contributed by atoms with Crippen LogP contribution >= 0.6 is 0 Å². The molecule has 0 bridgehead atoms. The summed E-state index contributed by atoms with van der Waals surface area (Å²) in [4.78, 5) is 0. The lowest BCUT2D eigenvalue weighted by Crippen LogP contribution is -2.04. The maximum atomic E-state index is 13.0. The van der Waals surface area contributed by atoms with Crippen LogP contribution in [-0.4, -0.2) is 5.11 Å². The van der Waals surface area contributed by atoms with Gasteiger partial charge in [0.05, 0.1) is 6.10 Å². The molecule has 1 nitrogen and oxygen atoms in total. The molecule has 94 valence electrons. The standard InChI is InChI=1S/C16H17FO/c1-11-3-5-13(6-4-11)10-16(18)15-8-7-14(17)9-12(15)2/h3-9,16,18H,10H2,1-2H3. The molecule has 1 N–H and O–H groups in total. The molecule has 0 aliphatic rings. The monoisotopic (exact) mass is 244 g/mol. The molecular formula is C16H17FO. The highest BCUT2D eigenvalue weighted by Gasteiger charge is 2.11. The first kappa shape index (κ1) is 12.8. The van der Waals surface area contributed by atoms with Gasteiger partial charge < -0.3 is 5.11 Å². The molecule has 0 aromatic heterocycles. The van der Waals surface area contributed by atoms with Crippen LogP contribution in [0.4, 0.5) is 4.39 Å². The number of aryl methyl sites for hydroxylation is 2. The highest BCUT2D eigenvalue weighted by molar-refractivity contribution is 5.30. The normalized spacial score (nSPS) is 12.4. The predicted octanol–water partition coefficient (Wildman–Crippen LogP) is 3.72. The first-order chi connectivity index (χ1) is 8.56. The van der Waals surface area contributed by atoms with E-state index in [1.807, 2.05) is 38.1 Å². The van der Waals surface area contributed by atoms with Gasteiger partial charge in [0.1, 0.15) is 5.82 Å². The van der Waals surface area contributed by atoms with Crippen molar-refractivity contribution in [3.63, 3.8) is 0 Å². The number of aliphatic hydroxyl groups is 1. The van der Waals surface area contributed by atoms with Gasteiger partial charge >= 0.3 is 0 Å². The Hall–Kier alpha value is -1.67. The van der Waals surface area contributed by atoms with E-state index in [2.05, 4.69) is 0 Å². The minimum Gasteiger partial charge on any atom is -0.388 e. The van der Waals surface area contributed by atoms with Crippen molar-refractivity contribution in [2.45, 2.75) is 26.4 Å². The van der Waals surface area contributed by atoms with Crippen LogP contribution in [0.3, 0.4) is 0 Å². The van der Waals surface area contributed by atoms with Crippen molar-refractivity contribution in [1.29, 1.82) is 0 Å². The largest absolute Gasteiger partial charge is 0.388 e. The lowest BCUT2D eigenvalue weighted by Gasteiger charge is -2.14. The molecule has 0 fully saturated rings. The molecule has 1 unspecified atom stereocenters. The first-order valence-corrected chi connectivity index (χ1v) is 6.06. The second-order valence-corrected chi connectivity index (χ2v) is 4.71. The third kappa shape index (κ3) is 2.96. The summed E-state index contributed by atoms with van der Waals surface area (Å²) in [5, 5.41) is 10.2. The van der Waals surface area contributed by atoms with Crippen LogP contribution in [0.1, 0.15) is 28.4 Å². The molecule has 0 amide bonds. The Morgan fingerprint density at radius 3 is 2.33 bits per heavy atom. The molecule has 0 heterocycles. The zero-order chi connectivity index (χ0) is 13.1. The smallest absolute Gasteiger partial charge is 0.123 e. The SMILES string of the molecule is Cc1ccc(CC(O)c2ccc(F)cc2C)cc1. The van der Waals surface area contributed by atoms with Gasteiger partial charge in [-0.2, -0.15) is 0 Å². The number of aliphatic hydroxyl groups excluding tert-OH is 1. The van der Waals surface area contributed by atoms with E-state index in [9.17, 15) is 9.50 Å². The van der Waals surface area contributed by atoms with E-state index in [1.165, 1.54) is 17.7 Å². The summed E-state index contributed by atoms with van der Waals surface area (Å²) < 4.78 is 13.0. The van der Waals surface area contributed by atoms with Gasteiger partial charge in [-0.05, 0) is 42.7 Å². The van der Waals surface area contributed by atoms with Crippen LogP contribution < -0.4 is 0 Å². The van der Waals surface area contributed by atoms with E-state index in [-0.39, 0.29) is 5.82 Å². The topological polar surface area (TPSA) is 20.2 Å². The Balaban J connectivity index is 2.16. The Morgan fingerprint density at radius 1 is 1.06 bits per heavy atom. The first-order valence-electron chi connectivity index (χ1n) is 6.06. The molecule has 0 saturated heterocycles. The molecule has 0 aliphatic carbocycles. The van der Waals surface area contributed by atoms with Gasteiger partial charge in [0.25, 0.3) is 0 Å². The number of hydrogen-bond acceptors (Lipinski definition) is 1. The Kier molecular flexibility index (Phi) is 3.78. The van der Waals surface area contributed by atoms with E-state index >= 15 is 0 Å². The maximum Gasteiger partial charge on any atom is 0.123 e. The lowest BCUT2D eigenvalue weighted by atomic mass is 9.97. The summed E-state index contributed by atoms with van der Waals surface area (Å²) in [5.41, 5.74) is 3.86. The van der Waals surface area contributed by atoms with Crippen LogP contribution in [0.2, 0.25) is 0 Å². The predicted molar refractivity (Wildman–Crippen MR) is 71.0 cm³/mol. The van der Waals surface area contributed by atoms with Crippen molar-refractivity contribution in [1.82, 2.24) is 0 Å². The van der Waals surface area contributed by atoms with Crippen molar-refractivity contribution >= 4 is 0 Å². The highest BCUT2D eigenvalue weighted by atomic mass is 19.1. The quantitative estimate of drug-likeness (QED) is 0.872. The van der Waals surface area contributed by atoms with Crippen molar-refractivity contribution in [3.05, 3.63) is 70.5 Å². The molecule has 2 aromatic rings. The zero-order valence-corrected chi connectivity index (χ0v) is 10.7. The van der Waals surface area contributed by atoms with Crippen LogP contribution in [-0.2, 0) is 6.42 Å². The fraction of sp³-hybridized carbons (Fsp3) is 0.250. The van der Waals surface area contributed by atoms with Gasteiger partial charge in [-0.25, -0.2) is 4.39 Å². The van der Waals surface area contributed by atoms with Gasteiger partial charge in [0.2, 0.25) is 0 Å².